The van der Waals surface area contributed by atoms with Gasteiger partial charge in [-0.3, -0.25) is 9.52 Å². The Hall–Kier alpha value is -3.50. The van der Waals surface area contributed by atoms with Crippen molar-refractivity contribution in [3.63, 3.8) is 0 Å². The lowest BCUT2D eigenvalue weighted by atomic mass is 9.98. The summed E-state index contributed by atoms with van der Waals surface area (Å²) in [5.41, 5.74) is 4.03. The van der Waals surface area contributed by atoms with Gasteiger partial charge in [0.15, 0.2) is 5.58 Å². The number of ether oxygens (including phenoxy) is 1. The number of methoxy groups -OCH3 is 1. The Morgan fingerprint density at radius 1 is 1.11 bits per heavy atom. The maximum Gasteiger partial charge on any atom is 0.262 e. The van der Waals surface area contributed by atoms with Crippen LogP contribution in [-0.4, -0.2) is 32.2 Å². The van der Waals surface area contributed by atoms with E-state index >= 15 is 0 Å². The summed E-state index contributed by atoms with van der Waals surface area (Å²) < 4.78 is 39.3. The first-order chi connectivity index (χ1) is 17.2. The van der Waals surface area contributed by atoms with Crippen molar-refractivity contribution in [3.05, 3.63) is 71.8 Å². The maximum absolute atomic E-state index is 12.9. The number of hydrogen-bond donors (Lipinski definition) is 2. The smallest absolute Gasteiger partial charge is 0.262 e. The molecule has 8 nitrogen and oxygen atoms in total. The summed E-state index contributed by atoms with van der Waals surface area (Å²) in [5, 5.41) is 3.28. The van der Waals surface area contributed by atoms with Gasteiger partial charge < -0.3 is 14.5 Å². The van der Waals surface area contributed by atoms with E-state index in [1.54, 1.807) is 30.3 Å². The fraction of sp³-hybridized carbons (Fsp3) is 0.231. The molecule has 1 amide bonds. The minimum atomic E-state index is -3.89. The Balaban J connectivity index is 1.47. The quantitative estimate of drug-likeness (QED) is 0.266. The Bertz CT molecular complexity index is 1510. The second-order valence-corrected chi connectivity index (χ2v) is 11.1. The monoisotopic (exact) mass is 525 g/mol. The number of hydrogen-bond acceptors (Lipinski definition) is 7. The zero-order chi connectivity index (χ0) is 25.9. The average molecular weight is 526 g/mol. The van der Waals surface area contributed by atoms with Crippen LogP contribution in [-0.2, 0) is 14.8 Å². The van der Waals surface area contributed by atoms with E-state index in [1.807, 2.05) is 25.1 Å². The third kappa shape index (κ3) is 5.66. The second kappa shape index (κ2) is 10.6. The highest BCUT2D eigenvalue weighted by Crippen LogP contribution is 2.30. The number of carbonyl (C=O) groups is 1. The molecule has 0 aliphatic rings. The highest BCUT2D eigenvalue weighted by Gasteiger charge is 2.19. The summed E-state index contributed by atoms with van der Waals surface area (Å²) in [6.45, 7) is 6.12. The number of aromatic nitrogens is 1. The second-order valence-electron chi connectivity index (χ2n) is 8.45. The topological polar surface area (TPSA) is 111 Å². The van der Waals surface area contributed by atoms with Crippen molar-refractivity contribution in [1.82, 2.24) is 4.98 Å². The van der Waals surface area contributed by atoms with Gasteiger partial charge in [-0.15, -0.1) is 0 Å². The van der Waals surface area contributed by atoms with Gasteiger partial charge in [-0.2, -0.15) is 0 Å². The molecule has 0 aliphatic carbocycles. The van der Waals surface area contributed by atoms with E-state index in [1.165, 1.54) is 19.2 Å². The number of aryl methyl sites for hydroxylation is 1. The zero-order valence-electron chi connectivity index (χ0n) is 20.4. The molecule has 0 saturated heterocycles. The lowest BCUT2D eigenvalue weighted by molar-refractivity contribution is -0.113. The molecule has 188 valence electrons. The van der Waals surface area contributed by atoms with Crippen LogP contribution in [0.1, 0.15) is 30.9 Å². The molecular weight excluding hydrogens is 498 g/mol. The molecule has 1 heterocycles. The number of nitrogens with zero attached hydrogens (tertiary/aromatic N) is 1. The highest BCUT2D eigenvalue weighted by atomic mass is 32.2. The van der Waals surface area contributed by atoms with E-state index in [2.05, 4.69) is 28.9 Å². The molecule has 0 atom stereocenters. The van der Waals surface area contributed by atoms with Gasteiger partial charge >= 0.3 is 0 Å². The number of carbonyl (C=O) groups excluding carboxylic acids is 1. The summed E-state index contributed by atoms with van der Waals surface area (Å²) in [7, 11) is -2.42. The molecule has 0 aliphatic heterocycles. The van der Waals surface area contributed by atoms with Crippen LogP contribution in [0.5, 0.6) is 5.75 Å². The normalized spacial score (nSPS) is 11.6. The lowest BCUT2D eigenvalue weighted by Crippen LogP contribution is -2.16. The number of para-hydroxylation sites is 3. The molecule has 0 spiro atoms. The minimum Gasteiger partial charge on any atom is -0.495 e. The molecule has 0 bridgehead atoms. The van der Waals surface area contributed by atoms with E-state index < -0.39 is 10.0 Å². The molecule has 3 aromatic carbocycles. The van der Waals surface area contributed by atoms with Crippen LogP contribution in [0.2, 0.25) is 0 Å². The van der Waals surface area contributed by atoms with Crippen LogP contribution in [0.25, 0.3) is 11.1 Å². The predicted molar refractivity (Wildman–Crippen MR) is 142 cm³/mol. The average Bonchev–Trinajstić information content (AvgIpc) is 3.26. The van der Waals surface area contributed by atoms with Crippen molar-refractivity contribution >= 4 is 50.2 Å². The summed E-state index contributed by atoms with van der Waals surface area (Å²) in [5.74, 6) is 0.599. The van der Waals surface area contributed by atoms with Gasteiger partial charge in [0, 0.05) is 5.69 Å². The molecule has 36 heavy (non-hydrogen) atoms. The molecule has 4 aromatic rings. The molecule has 1 aromatic heterocycles. The third-order valence-electron chi connectivity index (χ3n) is 5.52. The van der Waals surface area contributed by atoms with E-state index in [4.69, 9.17) is 9.15 Å². The molecule has 0 radical (unpaired) electrons. The van der Waals surface area contributed by atoms with E-state index in [0.29, 0.717) is 22.5 Å². The summed E-state index contributed by atoms with van der Waals surface area (Å²) in [6.07, 6.45) is 0. The summed E-state index contributed by atoms with van der Waals surface area (Å²) in [4.78, 5) is 17.0. The number of nitrogens with one attached hydrogen (secondary N) is 2. The van der Waals surface area contributed by atoms with Crippen molar-refractivity contribution in [2.75, 3.05) is 22.9 Å². The number of rotatable bonds is 9. The van der Waals surface area contributed by atoms with Crippen molar-refractivity contribution in [1.29, 1.82) is 0 Å². The van der Waals surface area contributed by atoms with E-state index in [9.17, 15) is 13.2 Å². The van der Waals surface area contributed by atoms with Crippen LogP contribution in [0.15, 0.2) is 75.2 Å². The number of oxazole rings is 1. The molecule has 0 unspecified atom stereocenters. The van der Waals surface area contributed by atoms with Gasteiger partial charge in [-0.25, -0.2) is 13.4 Å². The van der Waals surface area contributed by atoms with Crippen molar-refractivity contribution in [2.24, 2.45) is 0 Å². The third-order valence-corrected chi connectivity index (χ3v) is 7.71. The summed E-state index contributed by atoms with van der Waals surface area (Å²) >= 11 is 1.14. The number of benzene rings is 3. The summed E-state index contributed by atoms with van der Waals surface area (Å²) in [6, 6.07) is 17.1. The fourth-order valence-corrected chi connectivity index (χ4v) is 5.42. The van der Waals surface area contributed by atoms with Crippen LogP contribution in [0, 0.1) is 6.92 Å². The van der Waals surface area contributed by atoms with Gasteiger partial charge in [0.05, 0.1) is 23.4 Å². The number of fused-ring (bicyclic) bond motifs is 1. The van der Waals surface area contributed by atoms with E-state index in [0.717, 1.165) is 28.6 Å². The van der Waals surface area contributed by atoms with Gasteiger partial charge in [0.1, 0.15) is 11.3 Å². The largest absolute Gasteiger partial charge is 0.495 e. The van der Waals surface area contributed by atoms with Gasteiger partial charge in [0.2, 0.25) is 5.91 Å². The Morgan fingerprint density at radius 3 is 2.64 bits per heavy atom. The minimum absolute atomic E-state index is 0.0317. The van der Waals surface area contributed by atoms with Gasteiger partial charge in [-0.1, -0.05) is 55.9 Å². The Kier molecular flexibility index (Phi) is 7.56. The molecule has 0 saturated carbocycles. The number of anilines is 2. The maximum atomic E-state index is 12.9. The number of sulfonamides is 1. The lowest BCUT2D eigenvalue weighted by Gasteiger charge is -2.16. The van der Waals surface area contributed by atoms with Crippen LogP contribution >= 0.6 is 11.8 Å². The standard InChI is InChI=1S/C26H27N3O5S2/c1-16(2)19-9-7-8-17(3)25(19)28-24(30)15-35-26-27-21-14-18(12-13-23(21)34-26)36(31,32)29-20-10-5-6-11-22(20)33-4/h5-14,16,29H,15H2,1-4H3,(H,28,30). The SMILES string of the molecule is COc1ccccc1NS(=O)(=O)c1ccc2oc(SCC(=O)Nc3c(C)cccc3C(C)C)nc2c1. The van der Waals surface area contributed by atoms with E-state index in [-0.39, 0.29) is 27.7 Å². The van der Waals surface area contributed by atoms with Crippen molar-refractivity contribution in [2.45, 2.75) is 36.8 Å². The fourth-order valence-electron chi connectivity index (χ4n) is 3.69. The number of amides is 1. The van der Waals surface area contributed by atoms with Crippen LogP contribution < -0.4 is 14.8 Å². The molecule has 0 fully saturated rings. The highest BCUT2D eigenvalue weighted by molar-refractivity contribution is 7.99. The van der Waals surface area contributed by atoms with Gasteiger partial charge in [-0.05, 0) is 54.3 Å². The Morgan fingerprint density at radius 2 is 1.89 bits per heavy atom. The first-order valence-corrected chi connectivity index (χ1v) is 13.7. The molecule has 4 rings (SSSR count). The van der Waals surface area contributed by atoms with Crippen molar-refractivity contribution in [3.8, 4) is 5.75 Å². The number of thioether (sulfide) groups is 1. The molecule has 10 heteroatoms. The van der Waals surface area contributed by atoms with Crippen molar-refractivity contribution < 1.29 is 22.4 Å². The first kappa shape index (κ1) is 25.6. The Labute approximate surface area is 214 Å². The molecule has 2 N–H and O–H groups in total. The predicted octanol–water partition coefficient (Wildman–Crippen LogP) is 5.80. The molecular formula is C26H27N3O5S2. The first-order valence-electron chi connectivity index (χ1n) is 11.3. The van der Waals surface area contributed by atoms with Gasteiger partial charge in [0.25, 0.3) is 15.2 Å². The van der Waals surface area contributed by atoms with Crippen LogP contribution in [0.3, 0.4) is 0 Å². The van der Waals surface area contributed by atoms with Crippen LogP contribution in [0.4, 0.5) is 11.4 Å². The zero-order valence-corrected chi connectivity index (χ0v) is 22.0.